The Morgan fingerprint density at radius 2 is 2.12 bits per heavy atom. The average molecular weight is 253 g/mol. The van der Waals surface area contributed by atoms with Gasteiger partial charge in [0.25, 0.3) is 0 Å². The molecule has 1 saturated heterocycles. The van der Waals surface area contributed by atoms with Crippen LogP contribution in [0.4, 0.5) is 0 Å². The minimum atomic E-state index is -3.13. The van der Waals surface area contributed by atoms with E-state index < -0.39 is 9.84 Å². The molecule has 1 aromatic carbocycles. The van der Waals surface area contributed by atoms with Gasteiger partial charge in [0.1, 0.15) is 0 Å². The molecule has 94 valence electrons. The van der Waals surface area contributed by atoms with Crippen LogP contribution in [0.1, 0.15) is 17.5 Å². The van der Waals surface area contributed by atoms with Crippen molar-refractivity contribution in [2.45, 2.75) is 25.2 Å². The highest BCUT2D eigenvalue weighted by molar-refractivity contribution is 7.91. The number of hydrogen-bond acceptors (Lipinski definition) is 3. The predicted octanol–water partition coefficient (Wildman–Crippen LogP) is 1.69. The minimum Gasteiger partial charge on any atom is -0.316 e. The van der Waals surface area contributed by atoms with Gasteiger partial charge in [0, 0.05) is 0 Å². The van der Waals surface area contributed by atoms with Crippen LogP contribution in [-0.4, -0.2) is 27.3 Å². The third-order valence-corrected chi connectivity index (χ3v) is 5.32. The van der Waals surface area contributed by atoms with Crippen LogP contribution < -0.4 is 5.32 Å². The summed E-state index contributed by atoms with van der Waals surface area (Å²) in [5.41, 5.74) is 1.96. The first-order valence-electron chi connectivity index (χ1n) is 6.00. The maximum Gasteiger partial charge on any atom is 0.178 e. The van der Waals surface area contributed by atoms with Crippen molar-refractivity contribution in [1.29, 1.82) is 0 Å². The topological polar surface area (TPSA) is 46.2 Å². The normalized spacial score (nSPS) is 20.7. The smallest absolute Gasteiger partial charge is 0.178 e. The Morgan fingerprint density at radius 3 is 2.71 bits per heavy atom. The summed E-state index contributed by atoms with van der Waals surface area (Å²) in [5.74, 6) is 0.532. The Labute approximate surface area is 103 Å². The van der Waals surface area contributed by atoms with E-state index in [1.54, 1.807) is 6.07 Å². The lowest BCUT2D eigenvalue weighted by Gasteiger charge is -2.12. The van der Waals surface area contributed by atoms with Crippen LogP contribution in [0.2, 0.25) is 0 Å². The molecule has 0 aliphatic carbocycles. The molecule has 1 atom stereocenters. The van der Waals surface area contributed by atoms with Gasteiger partial charge in [0.2, 0.25) is 0 Å². The molecular formula is C13H19NO2S. The lowest BCUT2D eigenvalue weighted by molar-refractivity contribution is 0.570. The second kappa shape index (κ2) is 4.78. The Kier molecular flexibility index (Phi) is 3.54. The van der Waals surface area contributed by atoms with E-state index in [-0.39, 0.29) is 11.7 Å². The van der Waals surface area contributed by atoms with Crippen molar-refractivity contribution < 1.29 is 8.42 Å². The van der Waals surface area contributed by atoms with Crippen LogP contribution in [0.15, 0.2) is 23.1 Å². The largest absolute Gasteiger partial charge is 0.316 e. The first-order chi connectivity index (χ1) is 7.99. The van der Waals surface area contributed by atoms with E-state index >= 15 is 0 Å². The van der Waals surface area contributed by atoms with Crippen LogP contribution in [0, 0.1) is 19.8 Å². The van der Waals surface area contributed by atoms with E-state index in [1.165, 1.54) is 0 Å². The van der Waals surface area contributed by atoms with Crippen LogP contribution in [-0.2, 0) is 9.84 Å². The van der Waals surface area contributed by atoms with Gasteiger partial charge in [-0.15, -0.1) is 0 Å². The van der Waals surface area contributed by atoms with Crippen molar-refractivity contribution >= 4 is 9.84 Å². The predicted molar refractivity (Wildman–Crippen MR) is 68.9 cm³/mol. The van der Waals surface area contributed by atoms with E-state index in [0.717, 1.165) is 30.6 Å². The summed E-state index contributed by atoms with van der Waals surface area (Å²) in [6, 6.07) is 5.54. The average Bonchev–Trinajstić information content (AvgIpc) is 2.68. The third kappa shape index (κ3) is 2.87. The van der Waals surface area contributed by atoms with Gasteiger partial charge in [-0.2, -0.15) is 0 Å². The van der Waals surface area contributed by atoms with Gasteiger partial charge in [0.05, 0.1) is 10.6 Å². The number of hydrogen-bond donors (Lipinski definition) is 1. The van der Waals surface area contributed by atoms with Crippen LogP contribution >= 0.6 is 0 Å². The van der Waals surface area contributed by atoms with E-state index in [4.69, 9.17) is 0 Å². The number of nitrogens with one attached hydrogen (secondary N) is 1. The highest BCUT2D eigenvalue weighted by Crippen LogP contribution is 2.21. The molecule has 17 heavy (non-hydrogen) atoms. The first kappa shape index (κ1) is 12.6. The van der Waals surface area contributed by atoms with Gasteiger partial charge in [-0.05, 0) is 50.9 Å². The van der Waals surface area contributed by atoms with Gasteiger partial charge in [-0.1, -0.05) is 17.7 Å². The fourth-order valence-electron chi connectivity index (χ4n) is 2.41. The highest BCUT2D eigenvalue weighted by Gasteiger charge is 2.24. The molecule has 1 unspecified atom stereocenters. The molecule has 1 aliphatic rings. The number of rotatable bonds is 3. The fraction of sp³-hybridized carbons (Fsp3) is 0.538. The second-order valence-electron chi connectivity index (χ2n) is 4.91. The second-order valence-corrected chi connectivity index (χ2v) is 6.91. The summed E-state index contributed by atoms with van der Waals surface area (Å²) in [4.78, 5) is 0.495. The number of sulfone groups is 1. The zero-order valence-corrected chi connectivity index (χ0v) is 11.2. The highest BCUT2D eigenvalue weighted by atomic mass is 32.2. The molecule has 2 rings (SSSR count). The van der Waals surface area contributed by atoms with Crippen molar-refractivity contribution in [3.05, 3.63) is 29.3 Å². The summed E-state index contributed by atoms with van der Waals surface area (Å²) in [6.45, 7) is 5.61. The molecule has 1 aliphatic heterocycles. The zero-order chi connectivity index (χ0) is 12.5. The molecule has 0 radical (unpaired) electrons. The lowest BCUT2D eigenvalue weighted by Crippen LogP contribution is -2.19. The van der Waals surface area contributed by atoms with E-state index in [0.29, 0.717) is 4.90 Å². The summed E-state index contributed by atoms with van der Waals surface area (Å²) in [7, 11) is -3.13. The maximum atomic E-state index is 12.3. The van der Waals surface area contributed by atoms with Crippen LogP contribution in [0.25, 0.3) is 0 Å². The van der Waals surface area contributed by atoms with Crippen molar-refractivity contribution in [3.63, 3.8) is 0 Å². The molecule has 1 fully saturated rings. The van der Waals surface area contributed by atoms with E-state index in [9.17, 15) is 8.42 Å². The molecule has 1 aromatic rings. The van der Waals surface area contributed by atoms with Gasteiger partial charge < -0.3 is 5.32 Å². The Bertz CT molecular complexity index is 502. The molecule has 1 heterocycles. The zero-order valence-electron chi connectivity index (χ0n) is 10.4. The fourth-order valence-corrected chi connectivity index (χ4v) is 4.31. The Hall–Kier alpha value is -0.870. The maximum absolute atomic E-state index is 12.3. The monoisotopic (exact) mass is 253 g/mol. The number of benzene rings is 1. The Balaban J connectivity index is 2.24. The van der Waals surface area contributed by atoms with Crippen molar-refractivity contribution in [2.24, 2.45) is 5.92 Å². The van der Waals surface area contributed by atoms with Gasteiger partial charge in [0.15, 0.2) is 9.84 Å². The Morgan fingerprint density at radius 1 is 1.35 bits per heavy atom. The molecule has 0 bridgehead atoms. The van der Waals surface area contributed by atoms with Gasteiger partial charge in [-0.25, -0.2) is 8.42 Å². The SMILES string of the molecule is Cc1ccc(S(=O)(=O)CC2CCNC2)c(C)c1. The van der Waals surface area contributed by atoms with Gasteiger partial charge in [-0.3, -0.25) is 0 Å². The molecular weight excluding hydrogens is 234 g/mol. The molecule has 3 nitrogen and oxygen atoms in total. The van der Waals surface area contributed by atoms with E-state index in [2.05, 4.69) is 5.32 Å². The number of aryl methyl sites for hydroxylation is 2. The molecule has 1 N–H and O–H groups in total. The van der Waals surface area contributed by atoms with Crippen molar-refractivity contribution in [2.75, 3.05) is 18.8 Å². The van der Waals surface area contributed by atoms with Crippen LogP contribution in [0.3, 0.4) is 0 Å². The minimum absolute atomic E-state index is 0.265. The quantitative estimate of drug-likeness (QED) is 0.891. The van der Waals surface area contributed by atoms with E-state index in [1.807, 2.05) is 26.0 Å². The van der Waals surface area contributed by atoms with Gasteiger partial charge >= 0.3 is 0 Å². The van der Waals surface area contributed by atoms with Crippen molar-refractivity contribution in [3.8, 4) is 0 Å². The third-order valence-electron chi connectivity index (χ3n) is 3.28. The van der Waals surface area contributed by atoms with Crippen LogP contribution in [0.5, 0.6) is 0 Å². The molecule has 0 spiro atoms. The van der Waals surface area contributed by atoms with Crippen molar-refractivity contribution in [1.82, 2.24) is 5.32 Å². The summed E-state index contributed by atoms with van der Waals surface area (Å²) in [6.07, 6.45) is 0.962. The summed E-state index contributed by atoms with van der Waals surface area (Å²) < 4.78 is 24.6. The molecule has 4 heteroatoms. The first-order valence-corrected chi connectivity index (χ1v) is 7.65. The summed E-state index contributed by atoms with van der Waals surface area (Å²) >= 11 is 0. The molecule has 0 saturated carbocycles. The standard InChI is InChI=1S/C13H19NO2S/c1-10-3-4-13(11(2)7-10)17(15,16)9-12-5-6-14-8-12/h3-4,7,12,14H,5-6,8-9H2,1-2H3. The lowest BCUT2D eigenvalue weighted by atomic mass is 10.2. The summed E-state index contributed by atoms with van der Waals surface area (Å²) in [5, 5.41) is 3.21. The molecule has 0 amide bonds. The molecule has 0 aromatic heterocycles.